The third-order valence-electron chi connectivity index (χ3n) is 4.52. The first-order chi connectivity index (χ1) is 8.25. The number of nitrogens with zero attached hydrogens (tertiary/aromatic N) is 1. The van der Waals surface area contributed by atoms with Crippen molar-refractivity contribution >= 4 is 0 Å². The minimum absolute atomic E-state index is 0.368. The van der Waals surface area contributed by atoms with E-state index in [2.05, 4.69) is 58.7 Å². The van der Waals surface area contributed by atoms with E-state index < -0.39 is 0 Å². The van der Waals surface area contributed by atoms with Crippen LogP contribution in [-0.4, -0.2) is 36.1 Å². The third-order valence-corrected chi connectivity index (χ3v) is 4.52. The molecule has 1 aliphatic rings. The fraction of sp³-hybridized carbons (Fsp3) is 1.00. The van der Waals surface area contributed by atoms with Crippen molar-refractivity contribution in [2.24, 2.45) is 11.3 Å². The minimum atomic E-state index is 0.368. The van der Waals surface area contributed by atoms with E-state index in [4.69, 9.17) is 0 Å². The highest BCUT2D eigenvalue weighted by atomic mass is 15.3. The number of hydrogen-bond donors (Lipinski definition) is 1. The average molecular weight is 254 g/mol. The fourth-order valence-corrected chi connectivity index (χ4v) is 2.97. The molecular formula is C16H34N2. The van der Waals surface area contributed by atoms with Crippen molar-refractivity contribution in [1.29, 1.82) is 0 Å². The Balaban J connectivity index is 2.70. The molecule has 1 saturated heterocycles. The molecule has 0 aromatic rings. The maximum atomic E-state index is 3.75. The van der Waals surface area contributed by atoms with Crippen molar-refractivity contribution in [3.05, 3.63) is 0 Å². The Hall–Kier alpha value is -0.0800. The molecule has 0 spiro atoms. The molecule has 1 rings (SSSR count). The van der Waals surface area contributed by atoms with Crippen molar-refractivity contribution in [2.45, 2.75) is 79.4 Å². The maximum absolute atomic E-state index is 3.75. The van der Waals surface area contributed by atoms with Gasteiger partial charge in [0.15, 0.2) is 0 Å². The highest BCUT2D eigenvalue weighted by Gasteiger charge is 2.34. The largest absolute Gasteiger partial charge is 0.311 e. The van der Waals surface area contributed by atoms with Crippen molar-refractivity contribution in [3.8, 4) is 0 Å². The SMILES string of the molecule is CCC1CNC(CC(C)C)CN1C(C)C(C)(C)C. The van der Waals surface area contributed by atoms with Gasteiger partial charge in [0.05, 0.1) is 0 Å². The van der Waals surface area contributed by atoms with Crippen molar-refractivity contribution in [1.82, 2.24) is 10.2 Å². The van der Waals surface area contributed by atoms with Gasteiger partial charge in [0.1, 0.15) is 0 Å². The first-order valence-electron chi connectivity index (χ1n) is 7.74. The molecule has 1 fully saturated rings. The third kappa shape index (κ3) is 4.24. The van der Waals surface area contributed by atoms with Gasteiger partial charge < -0.3 is 5.32 Å². The van der Waals surface area contributed by atoms with E-state index in [0.29, 0.717) is 23.5 Å². The Morgan fingerprint density at radius 1 is 1.22 bits per heavy atom. The van der Waals surface area contributed by atoms with E-state index in [1.807, 2.05) is 0 Å². The van der Waals surface area contributed by atoms with E-state index in [1.54, 1.807) is 0 Å². The maximum Gasteiger partial charge on any atom is 0.0221 e. The van der Waals surface area contributed by atoms with Crippen molar-refractivity contribution in [3.63, 3.8) is 0 Å². The van der Waals surface area contributed by atoms with Gasteiger partial charge in [0, 0.05) is 31.2 Å². The van der Waals surface area contributed by atoms with Crippen LogP contribution in [0, 0.1) is 11.3 Å². The van der Waals surface area contributed by atoms with Crippen LogP contribution in [0.5, 0.6) is 0 Å². The van der Waals surface area contributed by atoms with Gasteiger partial charge in [0.25, 0.3) is 0 Å². The van der Waals surface area contributed by atoms with Gasteiger partial charge in [-0.2, -0.15) is 0 Å². The Morgan fingerprint density at radius 2 is 1.83 bits per heavy atom. The Kier molecular flexibility index (Phi) is 5.67. The Bertz CT molecular complexity index is 242. The predicted octanol–water partition coefficient (Wildman–Crippen LogP) is 3.52. The van der Waals surface area contributed by atoms with E-state index >= 15 is 0 Å². The average Bonchev–Trinajstić information content (AvgIpc) is 2.26. The summed E-state index contributed by atoms with van der Waals surface area (Å²) in [5.41, 5.74) is 0.368. The molecule has 2 heteroatoms. The lowest BCUT2D eigenvalue weighted by Crippen LogP contribution is -2.61. The number of piperazine rings is 1. The van der Waals surface area contributed by atoms with Gasteiger partial charge in [-0.25, -0.2) is 0 Å². The van der Waals surface area contributed by atoms with Crippen LogP contribution in [0.25, 0.3) is 0 Å². The second-order valence-electron chi connectivity index (χ2n) is 7.54. The monoisotopic (exact) mass is 254 g/mol. The molecule has 0 aromatic carbocycles. The van der Waals surface area contributed by atoms with Gasteiger partial charge in [0.2, 0.25) is 0 Å². The second-order valence-corrected chi connectivity index (χ2v) is 7.54. The lowest BCUT2D eigenvalue weighted by atomic mass is 9.84. The number of hydrogen-bond acceptors (Lipinski definition) is 2. The highest BCUT2D eigenvalue weighted by Crippen LogP contribution is 2.28. The molecule has 1 N–H and O–H groups in total. The van der Waals surface area contributed by atoms with Crippen LogP contribution in [0.15, 0.2) is 0 Å². The molecule has 1 heterocycles. The molecule has 0 aromatic heterocycles. The first-order valence-corrected chi connectivity index (χ1v) is 7.74. The summed E-state index contributed by atoms with van der Waals surface area (Å²) < 4.78 is 0. The van der Waals surface area contributed by atoms with Crippen LogP contribution in [0.4, 0.5) is 0 Å². The number of rotatable bonds is 4. The molecule has 0 saturated carbocycles. The standard InChI is InChI=1S/C16H34N2/c1-8-15-10-17-14(9-12(2)3)11-18(15)13(4)16(5,6)7/h12-15,17H,8-11H2,1-7H3. The van der Waals surface area contributed by atoms with Crippen LogP contribution >= 0.6 is 0 Å². The summed E-state index contributed by atoms with van der Waals surface area (Å²) in [5.74, 6) is 0.785. The quantitative estimate of drug-likeness (QED) is 0.826. The summed E-state index contributed by atoms with van der Waals surface area (Å²) in [6.07, 6.45) is 2.55. The second kappa shape index (κ2) is 6.38. The minimum Gasteiger partial charge on any atom is -0.311 e. The van der Waals surface area contributed by atoms with Crippen LogP contribution in [0.1, 0.15) is 61.3 Å². The number of nitrogens with one attached hydrogen (secondary N) is 1. The zero-order valence-corrected chi connectivity index (χ0v) is 13.6. The molecule has 1 aliphatic heterocycles. The van der Waals surface area contributed by atoms with E-state index in [9.17, 15) is 0 Å². The van der Waals surface area contributed by atoms with Gasteiger partial charge >= 0.3 is 0 Å². The van der Waals surface area contributed by atoms with Crippen molar-refractivity contribution in [2.75, 3.05) is 13.1 Å². The van der Waals surface area contributed by atoms with Gasteiger partial charge in [-0.1, -0.05) is 41.5 Å². The smallest absolute Gasteiger partial charge is 0.0221 e. The molecule has 18 heavy (non-hydrogen) atoms. The molecule has 0 amide bonds. The molecular weight excluding hydrogens is 220 g/mol. The summed E-state index contributed by atoms with van der Waals surface area (Å²) >= 11 is 0. The van der Waals surface area contributed by atoms with Gasteiger partial charge in [-0.05, 0) is 31.1 Å². The summed E-state index contributed by atoms with van der Waals surface area (Å²) in [5, 5.41) is 3.75. The molecule has 0 aliphatic carbocycles. The summed E-state index contributed by atoms with van der Waals surface area (Å²) in [6.45, 7) is 18.8. The molecule has 108 valence electrons. The van der Waals surface area contributed by atoms with Crippen LogP contribution in [0.2, 0.25) is 0 Å². The molecule has 3 atom stereocenters. The predicted molar refractivity (Wildman–Crippen MR) is 80.9 cm³/mol. The van der Waals surface area contributed by atoms with E-state index in [-0.39, 0.29) is 0 Å². The van der Waals surface area contributed by atoms with Gasteiger partial charge in [-0.15, -0.1) is 0 Å². The summed E-state index contributed by atoms with van der Waals surface area (Å²) in [4.78, 5) is 2.75. The van der Waals surface area contributed by atoms with Crippen LogP contribution in [-0.2, 0) is 0 Å². The van der Waals surface area contributed by atoms with Crippen molar-refractivity contribution < 1.29 is 0 Å². The lowest BCUT2D eigenvalue weighted by Gasteiger charge is -2.48. The molecule has 3 unspecified atom stereocenters. The lowest BCUT2D eigenvalue weighted by molar-refractivity contribution is 0.0305. The zero-order valence-electron chi connectivity index (χ0n) is 13.6. The van der Waals surface area contributed by atoms with E-state index in [1.165, 1.54) is 19.4 Å². The summed E-state index contributed by atoms with van der Waals surface area (Å²) in [7, 11) is 0. The Morgan fingerprint density at radius 3 is 2.28 bits per heavy atom. The summed E-state index contributed by atoms with van der Waals surface area (Å²) in [6, 6.07) is 2.04. The fourth-order valence-electron chi connectivity index (χ4n) is 2.97. The topological polar surface area (TPSA) is 15.3 Å². The van der Waals surface area contributed by atoms with Gasteiger partial charge in [-0.3, -0.25) is 4.90 Å². The Labute approximate surface area is 115 Å². The highest BCUT2D eigenvalue weighted by molar-refractivity contribution is 4.91. The molecule has 0 bridgehead atoms. The normalized spacial score (nSPS) is 28.7. The van der Waals surface area contributed by atoms with E-state index in [0.717, 1.165) is 12.5 Å². The van der Waals surface area contributed by atoms with Crippen LogP contribution < -0.4 is 5.32 Å². The van der Waals surface area contributed by atoms with Crippen LogP contribution in [0.3, 0.4) is 0 Å². The molecule has 0 radical (unpaired) electrons. The first kappa shape index (κ1) is 16.0. The zero-order chi connectivity index (χ0) is 13.9. The molecule has 2 nitrogen and oxygen atoms in total.